The standard InChI is InChI=1S/C16H13ClFN3O2S/c1-2-10-6-11-15(24-10)19-8-21(16(11)23)7-14(22)20-13-4-3-9(18)5-12(13)17/h3-6,8H,2,7H2,1H3,(H,20,22). The van der Waals surface area contributed by atoms with Crippen molar-refractivity contribution in [3.63, 3.8) is 0 Å². The summed E-state index contributed by atoms with van der Waals surface area (Å²) in [6.07, 6.45) is 2.18. The largest absolute Gasteiger partial charge is 0.323 e. The zero-order chi connectivity index (χ0) is 17.3. The van der Waals surface area contributed by atoms with Crippen LogP contribution in [0.25, 0.3) is 10.2 Å². The first-order valence-corrected chi connectivity index (χ1v) is 8.40. The van der Waals surface area contributed by atoms with E-state index in [1.54, 1.807) is 6.07 Å². The molecule has 0 atom stereocenters. The molecule has 0 aliphatic carbocycles. The molecule has 124 valence electrons. The van der Waals surface area contributed by atoms with Gasteiger partial charge in [-0.3, -0.25) is 14.2 Å². The molecule has 0 bridgehead atoms. The van der Waals surface area contributed by atoms with E-state index in [9.17, 15) is 14.0 Å². The number of thiophene rings is 1. The highest BCUT2D eigenvalue weighted by Gasteiger charge is 2.12. The minimum Gasteiger partial charge on any atom is -0.323 e. The smallest absolute Gasteiger partial charge is 0.262 e. The molecular formula is C16H13ClFN3O2S. The molecule has 1 N–H and O–H groups in total. The Kier molecular flexibility index (Phi) is 4.64. The van der Waals surface area contributed by atoms with E-state index in [2.05, 4.69) is 10.3 Å². The molecule has 0 radical (unpaired) electrons. The first-order valence-electron chi connectivity index (χ1n) is 7.20. The van der Waals surface area contributed by atoms with Gasteiger partial charge in [0, 0.05) is 4.88 Å². The number of aromatic nitrogens is 2. The second kappa shape index (κ2) is 6.70. The predicted octanol–water partition coefficient (Wildman–Crippen LogP) is 3.45. The molecule has 1 aromatic carbocycles. The molecule has 0 spiro atoms. The molecule has 24 heavy (non-hydrogen) atoms. The second-order valence-electron chi connectivity index (χ2n) is 5.14. The third kappa shape index (κ3) is 3.32. The molecule has 0 aliphatic heterocycles. The predicted molar refractivity (Wildman–Crippen MR) is 93.3 cm³/mol. The van der Waals surface area contributed by atoms with Crippen molar-refractivity contribution in [3.05, 3.63) is 56.7 Å². The van der Waals surface area contributed by atoms with Crippen LogP contribution in [0, 0.1) is 5.82 Å². The van der Waals surface area contributed by atoms with Crippen molar-refractivity contribution in [2.45, 2.75) is 19.9 Å². The van der Waals surface area contributed by atoms with Gasteiger partial charge in [-0.25, -0.2) is 9.37 Å². The monoisotopic (exact) mass is 365 g/mol. The second-order valence-corrected chi connectivity index (χ2v) is 6.66. The fraction of sp³-hybridized carbons (Fsp3) is 0.188. The molecule has 8 heteroatoms. The van der Waals surface area contributed by atoms with Crippen molar-refractivity contribution >= 4 is 44.7 Å². The molecular weight excluding hydrogens is 353 g/mol. The van der Waals surface area contributed by atoms with Gasteiger partial charge < -0.3 is 5.32 Å². The normalized spacial score (nSPS) is 11.0. The van der Waals surface area contributed by atoms with Gasteiger partial charge in [-0.15, -0.1) is 11.3 Å². The van der Waals surface area contributed by atoms with Gasteiger partial charge in [-0.05, 0) is 30.7 Å². The van der Waals surface area contributed by atoms with Gasteiger partial charge in [0.1, 0.15) is 17.2 Å². The topological polar surface area (TPSA) is 64.0 Å². The summed E-state index contributed by atoms with van der Waals surface area (Å²) in [7, 11) is 0. The molecule has 0 unspecified atom stereocenters. The number of halogens is 2. The summed E-state index contributed by atoms with van der Waals surface area (Å²) >= 11 is 7.34. The lowest BCUT2D eigenvalue weighted by molar-refractivity contribution is -0.116. The number of fused-ring (bicyclic) bond motifs is 1. The van der Waals surface area contributed by atoms with Gasteiger partial charge in [-0.1, -0.05) is 18.5 Å². The summed E-state index contributed by atoms with van der Waals surface area (Å²) in [5.74, 6) is -0.939. The Morgan fingerprint density at radius 2 is 2.21 bits per heavy atom. The van der Waals surface area contributed by atoms with Gasteiger partial charge >= 0.3 is 0 Å². The van der Waals surface area contributed by atoms with Gasteiger partial charge in [-0.2, -0.15) is 0 Å². The highest BCUT2D eigenvalue weighted by atomic mass is 35.5. The van der Waals surface area contributed by atoms with Crippen LogP contribution in [0.15, 0.2) is 35.4 Å². The Labute approximate surface area is 145 Å². The first-order chi connectivity index (χ1) is 11.5. The summed E-state index contributed by atoms with van der Waals surface area (Å²) in [4.78, 5) is 30.5. The van der Waals surface area contributed by atoms with Crippen molar-refractivity contribution < 1.29 is 9.18 Å². The lowest BCUT2D eigenvalue weighted by atomic mass is 10.3. The third-order valence-corrected chi connectivity index (χ3v) is 4.94. The number of carbonyl (C=O) groups is 1. The van der Waals surface area contributed by atoms with Gasteiger partial charge in [0.2, 0.25) is 5.91 Å². The fourth-order valence-corrected chi connectivity index (χ4v) is 3.37. The molecule has 0 saturated carbocycles. The summed E-state index contributed by atoms with van der Waals surface area (Å²) in [5, 5.41) is 3.15. The number of benzene rings is 1. The van der Waals surface area contributed by atoms with Crippen LogP contribution in [0.3, 0.4) is 0 Å². The van der Waals surface area contributed by atoms with E-state index in [1.165, 1.54) is 34.4 Å². The molecule has 1 amide bonds. The fourth-order valence-electron chi connectivity index (χ4n) is 2.23. The number of hydrogen-bond acceptors (Lipinski definition) is 4. The Balaban J connectivity index is 1.82. The van der Waals surface area contributed by atoms with E-state index in [0.29, 0.717) is 10.2 Å². The lowest BCUT2D eigenvalue weighted by Gasteiger charge is -2.08. The summed E-state index contributed by atoms with van der Waals surface area (Å²) in [6.45, 7) is 1.80. The van der Waals surface area contributed by atoms with Crippen molar-refractivity contribution in [1.82, 2.24) is 9.55 Å². The molecule has 2 heterocycles. The van der Waals surface area contributed by atoms with Crippen LogP contribution in [0.4, 0.5) is 10.1 Å². The van der Waals surface area contributed by atoms with E-state index in [4.69, 9.17) is 11.6 Å². The minimum atomic E-state index is -0.493. The van der Waals surface area contributed by atoms with E-state index < -0.39 is 11.7 Å². The number of carbonyl (C=O) groups excluding carboxylic acids is 1. The van der Waals surface area contributed by atoms with Gasteiger partial charge in [0.25, 0.3) is 5.56 Å². The zero-order valence-electron chi connectivity index (χ0n) is 12.7. The molecule has 0 saturated heterocycles. The average molecular weight is 366 g/mol. The molecule has 5 nitrogen and oxygen atoms in total. The van der Waals surface area contributed by atoms with E-state index in [0.717, 1.165) is 17.4 Å². The minimum absolute atomic E-state index is 0.0923. The van der Waals surface area contributed by atoms with Gasteiger partial charge in [0.15, 0.2) is 0 Å². The zero-order valence-corrected chi connectivity index (χ0v) is 14.2. The van der Waals surface area contributed by atoms with Crippen molar-refractivity contribution in [2.75, 3.05) is 5.32 Å². The number of amides is 1. The number of aryl methyl sites for hydroxylation is 1. The molecule has 3 rings (SSSR count). The van der Waals surface area contributed by atoms with E-state index in [1.807, 2.05) is 6.92 Å². The third-order valence-electron chi connectivity index (χ3n) is 3.44. The number of rotatable bonds is 4. The molecule has 2 aromatic heterocycles. The van der Waals surface area contributed by atoms with Crippen LogP contribution in [0.5, 0.6) is 0 Å². The Morgan fingerprint density at radius 3 is 2.92 bits per heavy atom. The Hall–Kier alpha value is -2.25. The highest BCUT2D eigenvalue weighted by molar-refractivity contribution is 7.18. The summed E-state index contributed by atoms with van der Waals surface area (Å²) in [5.41, 5.74) is 0.0188. The number of nitrogens with one attached hydrogen (secondary N) is 1. The maximum atomic E-state index is 13.0. The Bertz CT molecular complexity index is 983. The van der Waals surface area contributed by atoms with Crippen LogP contribution in [0.1, 0.15) is 11.8 Å². The van der Waals surface area contributed by atoms with Crippen LogP contribution in [-0.2, 0) is 17.8 Å². The van der Waals surface area contributed by atoms with Crippen molar-refractivity contribution in [2.24, 2.45) is 0 Å². The number of nitrogens with zero attached hydrogens (tertiary/aromatic N) is 2. The lowest BCUT2D eigenvalue weighted by Crippen LogP contribution is -2.27. The van der Waals surface area contributed by atoms with E-state index >= 15 is 0 Å². The maximum absolute atomic E-state index is 13.0. The first kappa shape index (κ1) is 16.6. The van der Waals surface area contributed by atoms with Crippen molar-refractivity contribution in [3.8, 4) is 0 Å². The van der Waals surface area contributed by atoms with Crippen molar-refractivity contribution in [1.29, 1.82) is 0 Å². The molecule has 3 aromatic rings. The maximum Gasteiger partial charge on any atom is 0.262 e. The van der Waals surface area contributed by atoms with Gasteiger partial charge in [0.05, 0.1) is 22.4 Å². The van der Waals surface area contributed by atoms with E-state index in [-0.39, 0.29) is 22.8 Å². The van der Waals surface area contributed by atoms with Crippen LogP contribution in [-0.4, -0.2) is 15.5 Å². The highest BCUT2D eigenvalue weighted by Crippen LogP contribution is 2.23. The van der Waals surface area contributed by atoms with Crippen LogP contribution >= 0.6 is 22.9 Å². The molecule has 0 fully saturated rings. The van der Waals surface area contributed by atoms with Crippen LogP contribution in [0.2, 0.25) is 5.02 Å². The SMILES string of the molecule is CCc1cc2c(=O)n(CC(=O)Nc3ccc(F)cc3Cl)cnc2s1. The number of hydrogen-bond donors (Lipinski definition) is 1. The summed E-state index contributed by atoms with van der Waals surface area (Å²) in [6, 6.07) is 5.47. The Morgan fingerprint density at radius 1 is 1.42 bits per heavy atom. The quantitative estimate of drug-likeness (QED) is 0.770. The number of anilines is 1. The van der Waals surface area contributed by atoms with Crippen LogP contribution < -0.4 is 10.9 Å². The summed E-state index contributed by atoms with van der Waals surface area (Å²) < 4.78 is 14.3. The molecule has 0 aliphatic rings. The average Bonchev–Trinajstić information content (AvgIpc) is 2.97.